The molecule has 0 aliphatic carbocycles. The van der Waals surface area contributed by atoms with Gasteiger partial charge in [-0.25, -0.2) is 19.9 Å². The molecule has 8 nitrogen and oxygen atoms in total. The van der Waals surface area contributed by atoms with E-state index in [1.807, 2.05) is 36.5 Å². The molecule has 0 aliphatic rings. The van der Waals surface area contributed by atoms with Crippen LogP contribution in [0.2, 0.25) is 0 Å². The summed E-state index contributed by atoms with van der Waals surface area (Å²) in [5.41, 5.74) is 18.6. The zero-order valence-corrected chi connectivity index (χ0v) is 70.5. The monoisotopic (exact) mass is 1650 g/mol. The van der Waals surface area contributed by atoms with Crippen molar-refractivity contribution in [2.75, 3.05) is 0 Å². The Balaban J connectivity index is 0.000000111. The average Bonchev–Trinajstić information content (AvgIpc) is 1.68. The van der Waals surface area contributed by atoms with Gasteiger partial charge in [-0.3, -0.25) is 13.7 Å². The van der Waals surface area contributed by atoms with Crippen LogP contribution in [0.5, 0.6) is 0 Å². The zero-order valence-electron chi connectivity index (χ0n) is 70.5. The molecule has 0 unspecified atom stereocenters. The Morgan fingerprint density at radius 2 is 0.431 bits per heavy atom. The lowest BCUT2D eigenvalue weighted by molar-refractivity contribution is 0.996. The molecule has 28 rings (SSSR count). The van der Waals surface area contributed by atoms with Crippen LogP contribution in [0.4, 0.5) is 0 Å². The van der Waals surface area contributed by atoms with Crippen molar-refractivity contribution in [2.24, 2.45) is 0 Å². The van der Waals surface area contributed by atoms with Gasteiger partial charge in [0.05, 0.1) is 61.2 Å². The Morgan fingerprint density at radius 3 is 0.862 bits per heavy atom. The lowest BCUT2D eigenvalue weighted by Crippen LogP contribution is -2.04. The van der Waals surface area contributed by atoms with E-state index in [1.54, 1.807) is 0 Å². The van der Waals surface area contributed by atoms with Crippen LogP contribution in [-0.4, -0.2) is 38.2 Å². The molecule has 0 radical (unpaired) electrons. The Kier molecular flexibility index (Phi) is 17.2. The van der Waals surface area contributed by atoms with Gasteiger partial charge in [0.1, 0.15) is 11.6 Å². The minimum Gasteiger partial charge on any atom is -0.309 e. The van der Waals surface area contributed by atoms with Crippen molar-refractivity contribution in [3.63, 3.8) is 0 Å². The van der Waals surface area contributed by atoms with Gasteiger partial charge in [0, 0.05) is 71.7 Å². The molecule has 130 heavy (non-hydrogen) atoms. The zero-order chi connectivity index (χ0) is 85.4. The van der Waals surface area contributed by atoms with E-state index in [-0.39, 0.29) is 0 Å². The second-order valence-corrected chi connectivity index (χ2v) is 33.8. The number of aromatic nitrogens is 8. The maximum absolute atomic E-state index is 5.30. The molecular formula is C122H76N8. The van der Waals surface area contributed by atoms with Crippen LogP contribution < -0.4 is 0 Å². The van der Waals surface area contributed by atoms with E-state index < -0.39 is 0 Å². The van der Waals surface area contributed by atoms with Crippen LogP contribution in [0.3, 0.4) is 0 Å². The number of hydrogen-bond donors (Lipinski definition) is 0. The summed E-state index contributed by atoms with van der Waals surface area (Å²) in [5.74, 6) is 2.51. The number of nitrogens with zero attached hydrogens (tertiary/aromatic N) is 8. The van der Waals surface area contributed by atoms with Gasteiger partial charge in [0.25, 0.3) is 0 Å². The number of pyridine rings is 2. The number of hydrogen-bond acceptors (Lipinski definition) is 4. The molecule has 0 saturated carbocycles. The molecule has 7 aromatic heterocycles. The summed E-state index contributed by atoms with van der Waals surface area (Å²) in [4.78, 5) is 20.4. The molecule has 0 saturated heterocycles. The third-order valence-corrected chi connectivity index (χ3v) is 26.7. The first-order chi connectivity index (χ1) is 64.5. The molecule has 0 amide bonds. The summed E-state index contributed by atoms with van der Waals surface area (Å²) in [6.07, 6.45) is 1.86. The van der Waals surface area contributed by atoms with Crippen molar-refractivity contribution in [1.29, 1.82) is 0 Å². The molecule has 0 bridgehead atoms. The first-order valence-corrected chi connectivity index (χ1v) is 44.4. The lowest BCUT2D eigenvalue weighted by atomic mass is 9.92. The topological polar surface area (TPSA) is 71.3 Å². The second kappa shape index (κ2) is 30.2. The van der Waals surface area contributed by atoms with E-state index in [0.717, 1.165) is 83.9 Å². The predicted octanol–water partition coefficient (Wildman–Crippen LogP) is 32.1. The molecular weight excluding hydrogens is 1580 g/mol. The van der Waals surface area contributed by atoms with Crippen LogP contribution in [-0.2, 0) is 0 Å². The summed E-state index contributed by atoms with van der Waals surface area (Å²) >= 11 is 0. The maximum Gasteiger partial charge on any atom is 0.235 e. The van der Waals surface area contributed by atoms with Crippen molar-refractivity contribution in [3.05, 3.63) is 461 Å². The smallest absolute Gasteiger partial charge is 0.235 e. The van der Waals surface area contributed by atoms with Crippen LogP contribution in [0.15, 0.2) is 461 Å². The molecule has 0 N–H and O–H groups in total. The lowest BCUT2D eigenvalue weighted by Gasteiger charge is -2.13. The first kappa shape index (κ1) is 74.0. The second-order valence-electron chi connectivity index (χ2n) is 33.8. The molecule has 8 heteroatoms. The van der Waals surface area contributed by atoms with E-state index in [4.69, 9.17) is 15.0 Å². The quantitative estimate of drug-likeness (QED) is 0.142. The van der Waals surface area contributed by atoms with Crippen molar-refractivity contribution < 1.29 is 0 Å². The van der Waals surface area contributed by atoms with E-state index in [9.17, 15) is 0 Å². The third-order valence-electron chi connectivity index (χ3n) is 26.7. The van der Waals surface area contributed by atoms with Crippen LogP contribution >= 0.6 is 0 Å². The molecule has 28 aromatic rings. The van der Waals surface area contributed by atoms with Gasteiger partial charge < -0.3 is 4.57 Å². The van der Waals surface area contributed by atoms with Crippen molar-refractivity contribution in [1.82, 2.24) is 38.2 Å². The van der Waals surface area contributed by atoms with Crippen molar-refractivity contribution in [3.8, 4) is 68.2 Å². The minimum atomic E-state index is 0.642. The highest BCUT2D eigenvalue weighted by molar-refractivity contribution is 6.32. The standard InChI is InChI=1S/C58H36N4.C35H22N2.C29H18N2/c1-3-16-37(17-4-1)52-36-53(38-18-5-2-6-19-38)60-58(59-52)62-55-29-14-12-27-48(55)51-34-56-50(35-57(51)62)47-26-11-13-28-54(47)61(56)41-21-15-20-39(32-41)40-30-31-46-44-24-8-7-22-42(44)43-23-9-10-25-45(43)49(46)33-40;1-2-11-23(12-3-1)32-18-10-20-35(36-32)37-33-19-9-8-17-28(33)31-21-29-26-15-6-4-13-24(26)25-14-5-7-16-27(25)30(29)22-34(31)37;1-3-11-21-19(9-1)20-10-2-4-12-22(20)25-18-28-26(17-24(21)25)23-13-5-6-14-27(23)31(28)29-15-7-8-16-30-29/h1-36H;1-22H;1-18H. The maximum atomic E-state index is 5.30. The Bertz CT molecular complexity index is 9410. The number of benzene rings is 21. The number of fused-ring (bicyclic) bond motifs is 30. The highest BCUT2D eigenvalue weighted by Gasteiger charge is 2.25. The number of para-hydroxylation sites is 4. The summed E-state index contributed by atoms with van der Waals surface area (Å²) in [5, 5.41) is 32.8. The van der Waals surface area contributed by atoms with Gasteiger partial charge in [-0.15, -0.1) is 0 Å². The molecule has 21 aromatic carbocycles. The van der Waals surface area contributed by atoms with Crippen LogP contribution in [0.25, 0.3) is 252 Å². The summed E-state index contributed by atoms with van der Waals surface area (Å²) in [6.45, 7) is 0. The van der Waals surface area contributed by atoms with Gasteiger partial charge in [-0.2, -0.15) is 0 Å². The fourth-order valence-electron chi connectivity index (χ4n) is 20.9. The SMILES string of the molecule is c1ccc(-c2cc(-c3ccccc3)nc(-n3c4ccccc4c4cc5c(cc43)c3ccccc3n5-c3cccc(-c4ccc5c6ccccc6c6ccccc6c5c4)c3)n2)cc1.c1ccc(-c2cccc(-n3c4ccccc4c4cc5c6ccccc6c6ccccc6c5cc43)n2)cc1.c1ccc(-n2c3ccccc3c3cc4c5ccccc5c5ccccc5c4cc32)nc1. The molecule has 604 valence electrons. The van der Waals surface area contributed by atoms with E-state index in [2.05, 4.69) is 448 Å². The van der Waals surface area contributed by atoms with Gasteiger partial charge >= 0.3 is 0 Å². The molecule has 0 fully saturated rings. The van der Waals surface area contributed by atoms with Gasteiger partial charge in [0.2, 0.25) is 5.95 Å². The Labute approximate surface area is 746 Å². The molecule has 7 heterocycles. The average molecular weight is 1650 g/mol. The van der Waals surface area contributed by atoms with E-state index in [1.165, 1.54) is 162 Å². The molecule has 0 aliphatic heterocycles. The predicted molar refractivity (Wildman–Crippen MR) is 547 cm³/mol. The van der Waals surface area contributed by atoms with E-state index >= 15 is 0 Å². The largest absolute Gasteiger partial charge is 0.309 e. The van der Waals surface area contributed by atoms with Gasteiger partial charge in [0.15, 0.2) is 0 Å². The first-order valence-electron chi connectivity index (χ1n) is 44.4. The molecule has 0 spiro atoms. The summed E-state index contributed by atoms with van der Waals surface area (Å²) in [6, 6.07) is 163. The normalized spacial score (nSPS) is 11.8. The van der Waals surface area contributed by atoms with Crippen LogP contribution in [0, 0.1) is 0 Å². The van der Waals surface area contributed by atoms with Gasteiger partial charge in [-0.1, -0.05) is 346 Å². The minimum absolute atomic E-state index is 0.642. The summed E-state index contributed by atoms with van der Waals surface area (Å²) < 4.78 is 9.29. The number of rotatable bonds is 8. The fourth-order valence-corrected chi connectivity index (χ4v) is 20.9. The van der Waals surface area contributed by atoms with Gasteiger partial charge in [-0.05, 0) is 217 Å². The fraction of sp³-hybridized carbons (Fsp3) is 0. The molecule has 0 atom stereocenters. The van der Waals surface area contributed by atoms with Crippen molar-refractivity contribution in [2.45, 2.75) is 0 Å². The third kappa shape index (κ3) is 11.9. The highest BCUT2D eigenvalue weighted by Crippen LogP contribution is 2.47. The Hall–Kier alpha value is -17.5. The highest BCUT2D eigenvalue weighted by atomic mass is 15.2. The van der Waals surface area contributed by atoms with E-state index in [0.29, 0.717) is 5.95 Å². The van der Waals surface area contributed by atoms with Crippen LogP contribution in [0.1, 0.15) is 0 Å². The Morgan fingerprint density at radius 1 is 0.138 bits per heavy atom. The van der Waals surface area contributed by atoms with Crippen molar-refractivity contribution >= 4 is 184 Å². The summed E-state index contributed by atoms with van der Waals surface area (Å²) in [7, 11) is 0.